The van der Waals surface area contributed by atoms with E-state index in [4.69, 9.17) is 9.05 Å². The van der Waals surface area contributed by atoms with Crippen LogP contribution < -0.4 is 0 Å². The molecule has 0 aromatic heterocycles. The molecule has 0 amide bonds. The van der Waals surface area contributed by atoms with Gasteiger partial charge in [-0.15, -0.1) is 0 Å². The lowest BCUT2D eigenvalue weighted by molar-refractivity contribution is -0.129. The molecule has 0 heterocycles. The molecule has 30 heavy (non-hydrogen) atoms. The number of rotatable bonds is 6. The standard InChI is InChI=1S/C25H35O4P/c1-4-28-30(27,29-5-2)25(14-15-25)18-7-9-19-17(16-18)6-8-21-20(19)12-13-24(3)22(21)10-11-23(24)26/h7,9,16,20-22H,4-6,8,10-15H2,1-3H3/t20-,21-,22+,24+/m1/s1. The number of carbonyl (C=O) groups excluding carboxylic acids is 1. The van der Waals surface area contributed by atoms with E-state index in [2.05, 4.69) is 25.1 Å². The van der Waals surface area contributed by atoms with Gasteiger partial charge in [0.2, 0.25) is 0 Å². The Kier molecular flexibility index (Phi) is 5.08. The molecule has 4 aliphatic carbocycles. The molecule has 0 aliphatic heterocycles. The van der Waals surface area contributed by atoms with E-state index < -0.39 is 12.8 Å². The molecule has 0 saturated heterocycles. The third kappa shape index (κ3) is 2.86. The summed E-state index contributed by atoms with van der Waals surface area (Å²) >= 11 is 0. The predicted octanol–water partition coefficient (Wildman–Crippen LogP) is 6.37. The minimum Gasteiger partial charge on any atom is -0.308 e. The van der Waals surface area contributed by atoms with Crippen molar-refractivity contribution < 1.29 is 18.4 Å². The van der Waals surface area contributed by atoms with E-state index in [0.717, 1.165) is 50.5 Å². The van der Waals surface area contributed by atoms with Crippen LogP contribution in [-0.4, -0.2) is 19.0 Å². The minimum absolute atomic E-state index is 0.0711. The molecule has 5 heteroatoms. The second kappa shape index (κ2) is 7.29. The fourth-order valence-corrected chi connectivity index (χ4v) is 9.47. The summed E-state index contributed by atoms with van der Waals surface area (Å²) in [7, 11) is -3.17. The number of fused-ring (bicyclic) bond motifs is 5. The Balaban J connectivity index is 1.46. The van der Waals surface area contributed by atoms with Crippen LogP contribution in [0.15, 0.2) is 18.2 Å². The third-order valence-electron chi connectivity index (χ3n) is 8.82. The Bertz CT molecular complexity index is 894. The quantitative estimate of drug-likeness (QED) is 0.492. The predicted molar refractivity (Wildman–Crippen MR) is 118 cm³/mol. The summed E-state index contributed by atoms with van der Waals surface area (Å²) in [5.41, 5.74) is 3.97. The molecule has 164 valence electrons. The van der Waals surface area contributed by atoms with Gasteiger partial charge in [-0.05, 0) is 93.2 Å². The Labute approximate surface area is 180 Å². The lowest BCUT2D eigenvalue weighted by Crippen LogP contribution is -2.42. The van der Waals surface area contributed by atoms with Crippen LogP contribution in [-0.2, 0) is 30.0 Å². The Morgan fingerprint density at radius 3 is 2.43 bits per heavy atom. The van der Waals surface area contributed by atoms with Gasteiger partial charge >= 0.3 is 7.60 Å². The maximum atomic E-state index is 13.6. The molecule has 0 N–H and O–H groups in total. The fourth-order valence-electron chi connectivity index (χ4n) is 7.11. The van der Waals surface area contributed by atoms with E-state index in [1.54, 1.807) is 0 Å². The number of benzene rings is 1. The largest absolute Gasteiger partial charge is 0.341 e. The highest BCUT2D eigenvalue weighted by Crippen LogP contribution is 2.76. The van der Waals surface area contributed by atoms with Crippen LogP contribution in [0.4, 0.5) is 0 Å². The highest BCUT2D eigenvalue weighted by Gasteiger charge is 2.61. The molecule has 3 fully saturated rings. The van der Waals surface area contributed by atoms with Crippen molar-refractivity contribution in [3.63, 3.8) is 0 Å². The highest BCUT2D eigenvalue weighted by molar-refractivity contribution is 7.55. The lowest BCUT2D eigenvalue weighted by atomic mass is 9.55. The van der Waals surface area contributed by atoms with Crippen LogP contribution in [0.2, 0.25) is 0 Å². The zero-order chi connectivity index (χ0) is 21.1. The van der Waals surface area contributed by atoms with Crippen LogP contribution in [0.25, 0.3) is 0 Å². The zero-order valence-corrected chi connectivity index (χ0v) is 19.5. The van der Waals surface area contributed by atoms with Gasteiger partial charge in [0.05, 0.1) is 18.4 Å². The minimum atomic E-state index is -3.17. The zero-order valence-electron chi connectivity index (χ0n) is 18.6. The summed E-state index contributed by atoms with van der Waals surface area (Å²) in [6.45, 7) is 6.83. The fraction of sp³-hybridized carbons (Fsp3) is 0.720. The van der Waals surface area contributed by atoms with Crippen molar-refractivity contribution in [3.05, 3.63) is 34.9 Å². The average Bonchev–Trinajstić information content (AvgIpc) is 3.49. The van der Waals surface area contributed by atoms with Gasteiger partial charge in [0, 0.05) is 11.8 Å². The van der Waals surface area contributed by atoms with Crippen molar-refractivity contribution in [2.24, 2.45) is 17.3 Å². The number of carbonyl (C=O) groups is 1. The molecule has 4 aliphatic rings. The van der Waals surface area contributed by atoms with Crippen molar-refractivity contribution in [3.8, 4) is 0 Å². The normalized spacial score (nSPS) is 34.2. The van der Waals surface area contributed by atoms with Gasteiger partial charge in [0.25, 0.3) is 0 Å². The Morgan fingerprint density at radius 1 is 1.03 bits per heavy atom. The van der Waals surface area contributed by atoms with Gasteiger partial charge in [-0.2, -0.15) is 0 Å². The van der Waals surface area contributed by atoms with Crippen LogP contribution in [0.3, 0.4) is 0 Å². The van der Waals surface area contributed by atoms with Gasteiger partial charge in [0.15, 0.2) is 0 Å². The number of hydrogen-bond donors (Lipinski definition) is 0. The van der Waals surface area contributed by atoms with E-state index in [1.807, 2.05) is 13.8 Å². The first-order chi connectivity index (χ1) is 14.4. The van der Waals surface area contributed by atoms with E-state index >= 15 is 0 Å². The molecule has 0 bridgehead atoms. The van der Waals surface area contributed by atoms with Crippen molar-refractivity contribution in [1.29, 1.82) is 0 Å². The Morgan fingerprint density at radius 2 is 1.77 bits per heavy atom. The van der Waals surface area contributed by atoms with Gasteiger partial charge in [0.1, 0.15) is 5.78 Å². The summed E-state index contributed by atoms with van der Waals surface area (Å²) < 4.78 is 25.1. The molecule has 5 rings (SSSR count). The smallest absolute Gasteiger partial charge is 0.308 e. The van der Waals surface area contributed by atoms with Gasteiger partial charge in [-0.25, -0.2) is 0 Å². The molecule has 0 unspecified atom stereocenters. The van der Waals surface area contributed by atoms with Crippen molar-refractivity contribution in [1.82, 2.24) is 0 Å². The highest BCUT2D eigenvalue weighted by atomic mass is 31.2. The average molecular weight is 431 g/mol. The van der Waals surface area contributed by atoms with E-state index in [9.17, 15) is 9.36 Å². The van der Waals surface area contributed by atoms with Crippen LogP contribution >= 0.6 is 7.60 Å². The third-order valence-corrected chi connectivity index (χ3v) is 11.8. The maximum Gasteiger partial charge on any atom is 0.341 e. The van der Waals surface area contributed by atoms with Crippen LogP contribution in [0, 0.1) is 17.3 Å². The van der Waals surface area contributed by atoms with E-state index in [1.165, 1.54) is 17.5 Å². The number of aryl methyl sites for hydroxylation is 1. The molecular weight excluding hydrogens is 395 g/mol. The van der Waals surface area contributed by atoms with Gasteiger partial charge in [-0.3, -0.25) is 9.36 Å². The topological polar surface area (TPSA) is 52.6 Å². The number of hydrogen-bond acceptors (Lipinski definition) is 4. The molecule has 3 saturated carbocycles. The first-order valence-electron chi connectivity index (χ1n) is 11.9. The molecule has 0 spiro atoms. The summed E-state index contributed by atoms with van der Waals surface area (Å²) in [6.07, 6.45) is 8.01. The number of ketones is 1. The second-order valence-electron chi connectivity index (χ2n) is 10.1. The molecule has 1 aromatic carbocycles. The van der Waals surface area contributed by atoms with Gasteiger partial charge < -0.3 is 9.05 Å². The first-order valence-corrected chi connectivity index (χ1v) is 13.5. The van der Waals surface area contributed by atoms with E-state index in [0.29, 0.717) is 36.8 Å². The van der Waals surface area contributed by atoms with E-state index in [-0.39, 0.29) is 5.41 Å². The molecule has 4 nitrogen and oxygen atoms in total. The van der Waals surface area contributed by atoms with Crippen LogP contribution in [0.5, 0.6) is 0 Å². The van der Waals surface area contributed by atoms with Crippen LogP contribution in [0.1, 0.15) is 88.3 Å². The summed E-state index contributed by atoms with van der Waals surface area (Å²) in [4.78, 5) is 12.6. The first kappa shape index (κ1) is 20.9. The van der Waals surface area contributed by atoms with Crippen molar-refractivity contribution in [2.45, 2.75) is 83.2 Å². The number of Topliss-reactive ketones (excluding diaryl/α,β-unsaturated/α-hetero) is 1. The molecule has 4 atom stereocenters. The van der Waals surface area contributed by atoms with Crippen molar-refractivity contribution >= 4 is 13.4 Å². The van der Waals surface area contributed by atoms with Gasteiger partial charge in [-0.1, -0.05) is 25.1 Å². The summed E-state index contributed by atoms with van der Waals surface area (Å²) in [6, 6.07) is 6.83. The molecule has 0 radical (unpaired) electrons. The molecule has 1 aromatic rings. The summed E-state index contributed by atoms with van der Waals surface area (Å²) in [5.74, 6) is 2.28. The Hall–Kier alpha value is -0.960. The van der Waals surface area contributed by atoms with Crippen molar-refractivity contribution in [2.75, 3.05) is 13.2 Å². The second-order valence-corrected chi connectivity index (χ2v) is 12.5. The molecular formula is C25H35O4P. The SMILES string of the molecule is CCOP(=O)(OCC)C1(c2ccc3c(c2)CC[C@@H]2[C@@H]3CC[C@]3(C)C(=O)CC[C@@H]23)CC1. The lowest BCUT2D eigenvalue weighted by Gasteiger charge is -2.48. The maximum absolute atomic E-state index is 13.6. The monoisotopic (exact) mass is 430 g/mol. The summed E-state index contributed by atoms with van der Waals surface area (Å²) in [5, 5.41) is -0.450.